The van der Waals surface area contributed by atoms with E-state index in [0.717, 1.165) is 43.6 Å². The third kappa shape index (κ3) is 6.35. The molecular formula is C23H30N4O4. The zero-order chi connectivity index (χ0) is 22.2. The Kier molecular flexibility index (Phi) is 8.13. The maximum Gasteiger partial charge on any atom is 0.268 e. The van der Waals surface area contributed by atoms with E-state index in [-0.39, 0.29) is 0 Å². The Labute approximate surface area is 182 Å². The number of piperidine rings is 1. The van der Waals surface area contributed by atoms with Crippen molar-refractivity contribution in [3.8, 4) is 11.1 Å². The number of hydroxylamine groups is 1. The first-order chi connectivity index (χ1) is 15.0. The molecule has 8 heteroatoms. The van der Waals surface area contributed by atoms with Gasteiger partial charge in [-0.25, -0.2) is 5.48 Å². The molecule has 1 aliphatic heterocycles. The highest BCUT2D eigenvalue weighted by molar-refractivity contribution is 5.97. The van der Waals surface area contributed by atoms with Crippen molar-refractivity contribution in [1.82, 2.24) is 21.4 Å². The van der Waals surface area contributed by atoms with Crippen molar-refractivity contribution in [3.05, 3.63) is 59.7 Å². The molecule has 0 aromatic heterocycles. The van der Waals surface area contributed by atoms with Gasteiger partial charge >= 0.3 is 0 Å². The summed E-state index contributed by atoms with van der Waals surface area (Å²) in [5, 5.41) is 27.8. The SMILES string of the molecule is C[C@@H](O)[C@H](NC(=O)c1ccc(-c2ccc(CNC3CCNCC3)cc2)cc1)C(=O)NO. The fourth-order valence-corrected chi connectivity index (χ4v) is 3.62. The first-order valence-corrected chi connectivity index (χ1v) is 10.5. The minimum Gasteiger partial charge on any atom is -0.391 e. The summed E-state index contributed by atoms with van der Waals surface area (Å²) in [6.45, 7) is 4.34. The number of aliphatic hydroxyl groups is 1. The van der Waals surface area contributed by atoms with Crippen LogP contribution in [0.25, 0.3) is 11.1 Å². The number of nitrogens with one attached hydrogen (secondary N) is 4. The average Bonchev–Trinajstić information content (AvgIpc) is 2.81. The quantitative estimate of drug-likeness (QED) is 0.278. The molecule has 1 fully saturated rings. The minimum absolute atomic E-state index is 0.350. The monoisotopic (exact) mass is 426 g/mol. The zero-order valence-corrected chi connectivity index (χ0v) is 17.6. The van der Waals surface area contributed by atoms with E-state index in [0.29, 0.717) is 11.6 Å². The van der Waals surface area contributed by atoms with E-state index in [2.05, 4.69) is 40.2 Å². The van der Waals surface area contributed by atoms with Gasteiger partial charge in [-0.3, -0.25) is 14.8 Å². The number of hydrogen-bond donors (Lipinski definition) is 6. The summed E-state index contributed by atoms with van der Waals surface area (Å²) in [5.41, 5.74) is 5.03. The number of carbonyl (C=O) groups is 2. The molecule has 2 amide bonds. The van der Waals surface area contributed by atoms with Crippen molar-refractivity contribution in [2.75, 3.05) is 13.1 Å². The number of amides is 2. The highest BCUT2D eigenvalue weighted by Gasteiger charge is 2.25. The van der Waals surface area contributed by atoms with Gasteiger partial charge in [-0.1, -0.05) is 36.4 Å². The van der Waals surface area contributed by atoms with Crippen molar-refractivity contribution in [2.45, 2.75) is 44.5 Å². The van der Waals surface area contributed by atoms with E-state index in [1.807, 2.05) is 12.1 Å². The molecule has 0 radical (unpaired) electrons. The van der Waals surface area contributed by atoms with Gasteiger partial charge in [-0.15, -0.1) is 0 Å². The normalized spacial score (nSPS) is 16.4. The van der Waals surface area contributed by atoms with Gasteiger partial charge in [0.1, 0.15) is 6.04 Å². The molecule has 0 unspecified atom stereocenters. The van der Waals surface area contributed by atoms with Crippen LogP contribution in [0.1, 0.15) is 35.7 Å². The zero-order valence-electron chi connectivity index (χ0n) is 17.6. The van der Waals surface area contributed by atoms with Crippen molar-refractivity contribution >= 4 is 11.8 Å². The molecule has 3 rings (SSSR count). The molecule has 8 nitrogen and oxygen atoms in total. The number of carbonyl (C=O) groups excluding carboxylic acids is 2. The van der Waals surface area contributed by atoms with Gasteiger partial charge < -0.3 is 21.1 Å². The predicted molar refractivity (Wildman–Crippen MR) is 117 cm³/mol. The molecule has 6 N–H and O–H groups in total. The molecule has 1 aliphatic rings. The summed E-state index contributed by atoms with van der Waals surface area (Å²) in [4.78, 5) is 24.0. The van der Waals surface area contributed by atoms with Crippen LogP contribution in [0.15, 0.2) is 48.5 Å². The van der Waals surface area contributed by atoms with E-state index < -0.39 is 24.0 Å². The van der Waals surface area contributed by atoms with Gasteiger partial charge in [0.2, 0.25) is 0 Å². The maximum absolute atomic E-state index is 12.4. The lowest BCUT2D eigenvalue weighted by Gasteiger charge is -2.23. The third-order valence-corrected chi connectivity index (χ3v) is 5.53. The maximum atomic E-state index is 12.4. The summed E-state index contributed by atoms with van der Waals surface area (Å²) in [5.74, 6) is -1.39. The van der Waals surface area contributed by atoms with Gasteiger partial charge in [0, 0.05) is 18.2 Å². The molecule has 31 heavy (non-hydrogen) atoms. The molecular weight excluding hydrogens is 396 g/mol. The topological polar surface area (TPSA) is 123 Å². The molecule has 1 saturated heterocycles. The molecule has 166 valence electrons. The summed E-state index contributed by atoms with van der Waals surface area (Å²) in [6.07, 6.45) is 1.15. The van der Waals surface area contributed by atoms with E-state index >= 15 is 0 Å². The van der Waals surface area contributed by atoms with E-state index in [1.54, 1.807) is 12.1 Å². The summed E-state index contributed by atoms with van der Waals surface area (Å²) in [6, 6.07) is 14.6. The largest absolute Gasteiger partial charge is 0.391 e. The molecule has 0 saturated carbocycles. The Bertz CT molecular complexity index is 862. The van der Waals surface area contributed by atoms with Crippen molar-refractivity contribution in [1.29, 1.82) is 0 Å². The third-order valence-electron chi connectivity index (χ3n) is 5.53. The van der Waals surface area contributed by atoms with Crippen LogP contribution in [-0.2, 0) is 11.3 Å². The number of benzene rings is 2. The van der Waals surface area contributed by atoms with Crippen molar-refractivity contribution in [2.24, 2.45) is 0 Å². The molecule has 1 heterocycles. The Hall–Kier alpha value is -2.78. The van der Waals surface area contributed by atoms with E-state index in [4.69, 9.17) is 5.21 Å². The Morgan fingerprint density at radius 3 is 2.16 bits per heavy atom. The van der Waals surface area contributed by atoms with E-state index in [1.165, 1.54) is 18.0 Å². The van der Waals surface area contributed by atoms with Gasteiger partial charge in [0.15, 0.2) is 0 Å². The van der Waals surface area contributed by atoms with Crippen LogP contribution >= 0.6 is 0 Å². The molecule has 2 aromatic rings. The lowest BCUT2D eigenvalue weighted by atomic mass is 10.0. The average molecular weight is 427 g/mol. The smallest absolute Gasteiger partial charge is 0.268 e. The molecule has 0 aliphatic carbocycles. The Morgan fingerprint density at radius 1 is 1.03 bits per heavy atom. The molecule has 0 bridgehead atoms. The number of rotatable bonds is 8. The van der Waals surface area contributed by atoms with Gasteiger partial charge in [-0.05, 0) is 61.7 Å². The predicted octanol–water partition coefficient (Wildman–Crippen LogP) is 1.18. The van der Waals surface area contributed by atoms with Gasteiger partial charge in [0.05, 0.1) is 6.10 Å². The lowest BCUT2D eigenvalue weighted by molar-refractivity contribution is -0.133. The summed E-state index contributed by atoms with van der Waals surface area (Å²) in [7, 11) is 0. The van der Waals surface area contributed by atoms with Crippen molar-refractivity contribution in [3.63, 3.8) is 0 Å². The minimum atomic E-state index is -1.25. The highest BCUT2D eigenvalue weighted by atomic mass is 16.5. The lowest BCUT2D eigenvalue weighted by Crippen LogP contribution is -2.51. The van der Waals surface area contributed by atoms with Crippen LogP contribution in [0.3, 0.4) is 0 Å². The van der Waals surface area contributed by atoms with Crippen LogP contribution < -0.4 is 21.4 Å². The second-order valence-corrected chi connectivity index (χ2v) is 7.85. The van der Waals surface area contributed by atoms with Crippen LogP contribution in [-0.4, -0.2) is 53.4 Å². The van der Waals surface area contributed by atoms with Crippen LogP contribution in [0.4, 0.5) is 0 Å². The first-order valence-electron chi connectivity index (χ1n) is 10.5. The van der Waals surface area contributed by atoms with Crippen LogP contribution in [0.2, 0.25) is 0 Å². The number of aliphatic hydroxyl groups excluding tert-OH is 1. The van der Waals surface area contributed by atoms with Crippen LogP contribution in [0, 0.1) is 0 Å². The number of hydrogen-bond acceptors (Lipinski definition) is 6. The Morgan fingerprint density at radius 2 is 1.61 bits per heavy atom. The molecule has 0 spiro atoms. The van der Waals surface area contributed by atoms with Crippen molar-refractivity contribution < 1.29 is 19.9 Å². The standard InChI is InChI=1S/C23H30N4O4/c1-15(28)21(23(30)27-31)26-22(29)19-8-6-18(7-9-19)17-4-2-16(3-5-17)14-25-20-10-12-24-13-11-20/h2-9,15,20-21,24-25,28,31H,10-14H2,1H3,(H,26,29)(H,27,30)/t15-,21+/m1/s1. The van der Waals surface area contributed by atoms with E-state index in [9.17, 15) is 14.7 Å². The van der Waals surface area contributed by atoms with Gasteiger partial charge in [-0.2, -0.15) is 0 Å². The fraction of sp³-hybridized carbons (Fsp3) is 0.391. The molecule has 2 atom stereocenters. The Balaban J connectivity index is 1.58. The second-order valence-electron chi connectivity index (χ2n) is 7.85. The highest BCUT2D eigenvalue weighted by Crippen LogP contribution is 2.21. The summed E-state index contributed by atoms with van der Waals surface area (Å²) >= 11 is 0. The summed E-state index contributed by atoms with van der Waals surface area (Å²) < 4.78 is 0. The fourth-order valence-electron chi connectivity index (χ4n) is 3.62. The molecule has 2 aromatic carbocycles. The van der Waals surface area contributed by atoms with Crippen LogP contribution in [0.5, 0.6) is 0 Å². The van der Waals surface area contributed by atoms with Gasteiger partial charge in [0.25, 0.3) is 11.8 Å². The second kappa shape index (κ2) is 11.0. The first kappa shape index (κ1) is 22.9.